The largest absolute Gasteiger partial charge is 0.483 e. The molecule has 0 aliphatic carbocycles. The summed E-state index contributed by atoms with van der Waals surface area (Å²) in [5.41, 5.74) is 2.04. The van der Waals surface area contributed by atoms with Crippen LogP contribution < -0.4 is 10.2 Å². The Balaban J connectivity index is 1.61. The SMILES string of the molecule is COC(=O)c1cn2c(c(OCc3ccccc3)c1=O)C(=O)N1CCCO[C@@H]1[C@@H]2C(c1ccccc1)c1ccccc1. The maximum Gasteiger partial charge on any atom is 0.343 e. The summed E-state index contributed by atoms with van der Waals surface area (Å²) in [6, 6.07) is 28.8. The van der Waals surface area contributed by atoms with E-state index in [4.69, 9.17) is 14.2 Å². The van der Waals surface area contributed by atoms with Gasteiger partial charge in [0.25, 0.3) is 5.91 Å². The van der Waals surface area contributed by atoms with Crippen LogP contribution >= 0.6 is 0 Å². The molecule has 2 atom stereocenters. The fraction of sp³-hybridized carbons (Fsp3) is 0.242. The van der Waals surface area contributed by atoms with E-state index in [1.54, 1.807) is 9.47 Å². The summed E-state index contributed by atoms with van der Waals surface area (Å²) < 4.78 is 19.1. The van der Waals surface area contributed by atoms with E-state index in [2.05, 4.69) is 0 Å². The number of hydrogen-bond acceptors (Lipinski definition) is 6. The van der Waals surface area contributed by atoms with Crippen LogP contribution in [0, 0.1) is 0 Å². The number of nitrogens with zero attached hydrogens (tertiary/aromatic N) is 2. The minimum atomic E-state index is -0.802. The Morgan fingerprint density at radius 2 is 1.54 bits per heavy atom. The van der Waals surface area contributed by atoms with Crippen molar-refractivity contribution in [3.63, 3.8) is 0 Å². The van der Waals surface area contributed by atoms with Crippen LogP contribution in [0.3, 0.4) is 0 Å². The quantitative estimate of drug-likeness (QED) is 0.308. The van der Waals surface area contributed by atoms with Crippen LogP contribution in [-0.2, 0) is 16.1 Å². The number of pyridine rings is 1. The van der Waals surface area contributed by atoms with Crippen LogP contribution in [0.5, 0.6) is 5.75 Å². The Hall–Kier alpha value is -4.69. The predicted molar refractivity (Wildman–Crippen MR) is 152 cm³/mol. The lowest BCUT2D eigenvalue weighted by Crippen LogP contribution is -2.57. The fourth-order valence-electron chi connectivity index (χ4n) is 5.83. The van der Waals surface area contributed by atoms with E-state index in [9.17, 15) is 14.4 Å². The number of amides is 1. The molecule has 0 saturated carbocycles. The van der Waals surface area contributed by atoms with Crippen molar-refractivity contribution in [1.29, 1.82) is 0 Å². The lowest BCUT2D eigenvalue weighted by Gasteiger charge is -2.48. The van der Waals surface area contributed by atoms with Gasteiger partial charge in [0.2, 0.25) is 5.43 Å². The molecule has 8 heteroatoms. The highest BCUT2D eigenvalue weighted by Gasteiger charge is 2.48. The number of hydrogen-bond donors (Lipinski definition) is 0. The topological polar surface area (TPSA) is 87.1 Å². The molecule has 4 aromatic rings. The maximum absolute atomic E-state index is 14.1. The van der Waals surface area contributed by atoms with Crippen molar-refractivity contribution in [3.05, 3.63) is 135 Å². The van der Waals surface area contributed by atoms with Gasteiger partial charge in [0.1, 0.15) is 12.2 Å². The summed E-state index contributed by atoms with van der Waals surface area (Å²) >= 11 is 0. The molecule has 2 aliphatic rings. The molecule has 0 unspecified atom stereocenters. The molecule has 3 heterocycles. The highest BCUT2D eigenvalue weighted by atomic mass is 16.5. The first-order valence-electron chi connectivity index (χ1n) is 13.6. The summed E-state index contributed by atoms with van der Waals surface area (Å²) in [5, 5.41) is 0. The number of aromatic nitrogens is 1. The molecule has 41 heavy (non-hydrogen) atoms. The van der Waals surface area contributed by atoms with E-state index in [1.807, 2.05) is 91.0 Å². The average molecular weight is 551 g/mol. The predicted octanol–water partition coefficient (Wildman–Crippen LogP) is 4.79. The first kappa shape index (κ1) is 26.5. The van der Waals surface area contributed by atoms with Gasteiger partial charge in [0, 0.05) is 18.7 Å². The van der Waals surface area contributed by atoms with Crippen molar-refractivity contribution >= 4 is 11.9 Å². The van der Waals surface area contributed by atoms with Crippen LogP contribution in [0.25, 0.3) is 0 Å². The Labute approximate surface area is 237 Å². The fourth-order valence-corrected chi connectivity index (χ4v) is 5.83. The second-order valence-electron chi connectivity index (χ2n) is 10.1. The van der Waals surface area contributed by atoms with Crippen LogP contribution in [0.4, 0.5) is 0 Å². The zero-order chi connectivity index (χ0) is 28.3. The molecule has 8 nitrogen and oxygen atoms in total. The molecule has 2 aliphatic heterocycles. The average Bonchev–Trinajstić information content (AvgIpc) is 3.03. The van der Waals surface area contributed by atoms with Crippen molar-refractivity contribution in [2.45, 2.75) is 31.2 Å². The van der Waals surface area contributed by atoms with E-state index >= 15 is 0 Å². The number of benzene rings is 3. The molecule has 0 radical (unpaired) electrons. The lowest BCUT2D eigenvalue weighted by atomic mass is 9.82. The van der Waals surface area contributed by atoms with Gasteiger partial charge in [-0.1, -0.05) is 91.0 Å². The second-order valence-corrected chi connectivity index (χ2v) is 10.1. The summed E-state index contributed by atoms with van der Waals surface area (Å²) in [6.07, 6.45) is 1.47. The van der Waals surface area contributed by atoms with Gasteiger partial charge < -0.3 is 23.7 Å². The van der Waals surface area contributed by atoms with Crippen LogP contribution in [-0.4, -0.2) is 47.8 Å². The third-order valence-corrected chi connectivity index (χ3v) is 7.70. The van der Waals surface area contributed by atoms with Gasteiger partial charge in [-0.3, -0.25) is 9.59 Å². The van der Waals surface area contributed by atoms with Crippen molar-refractivity contribution in [2.24, 2.45) is 0 Å². The van der Waals surface area contributed by atoms with Gasteiger partial charge >= 0.3 is 5.97 Å². The minimum absolute atomic E-state index is 0.0480. The summed E-state index contributed by atoms with van der Waals surface area (Å²) in [4.78, 5) is 42.5. The zero-order valence-corrected chi connectivity index (χ0v) is 22.6. The van der Waals surface area contributed by atoms with Crippen LogP contribution in [0.15, 0.2) is 102 Å². The van der Waals surface area contributed by atoms with E-state index in [1.165, 1.54) is 13.3 Å². The van der Waals surface area contributed by atoms with Gasteiger partial charge in [-0.15, -0.1) is 0 Å². The van der Waals surface area contributed by atoms with Gasteiger partial charge in [0.15, 0.2) is 17.7 Å². The molecule has 0 spiro atoms. The minimum Gasteiger partial charge on any atom is -0.483 e. The van der Waals surface area contributed by atoms with Gasteiger partial charge in [-0.05, 0) is 23.1 Å². The first-order valence-corrected chi connectivity index (χ1v) is 13.6. The number of rotatable bonds is 7. The van der Waals surface area contributed by atoms with Crippen LogP contribution in [0.2, 0.25) is 0 Å². The first-order chi connectivity index (χ1) is 20.1. The van der Waals surface area contributed by atoms with Gasteiger partial charge in [-0.25, -0.2) is 4.79 Å². The van der Waals surface area contributed by atoms with E-state index in [0.29, 0.717) is 19.6 Å². The smallest absolute Gasteiger partial charge is 0.343 e. The van der Waals surface area contributed by atoms with Crippen molar-refractivity contribution in [2.75, 3.05) is 20.3 Å². The molecule has 6 rings (SSSR count). The summed E-state index contributed by atoms with van der Waals surface area (Å²) in [7, 11) is 1.22. The number of carbonyl (C=O) groups excluding carboxylic acids is 2. The number of esters is 1. The molecule has 1 saturated heterocycles. The van der Waals surface area contributed by atoms with Crippen molar-refractivity contribution < 1.29 is 23.8 Å². The van der Waals surface area contributed by atoms with Crippen molar-refractivity contribution in [1.82, 2.24) is 9.47 Å². The van der Waals surface area contributed by atoms with Gasteiger partial charge in [0.05, 0.1) is 19.8 Å². The third kappa shape index (κ3) is 4.91. The number of fused-ring (bicyclic) bond motifs is 2. The highest BCUT2D eigenvalue weighted by Crippen LogP contribution is 2.44. The number of carbonyl (C=O) groups is 2. The molecule has 208 valence electrons. The Morgan fingerprint density at radius 3 is 2.15 bits per heavy atom. The Morgan fingerprint density at radius 1 is 0.927 bits per heavy atom. The second kappa shape index (κ2) is 11.4. The molecular weight excluding hydrogens is 520 g/mol. The molecule has 1 aromatic heterocycles. The molecular formula is C33H30N2O6. The third-order valence-electron chi connectivity index (χ3n) is 7.70. The molecule has 1 amide bonds. The monoisotopic (exact) mass is 550 g/mol. The molecule has 1 fully saturated rings. The lowest BCUT2D eigenvalue weighted by molar-refractivity contribution is -0.114. The Bertz CT molecular complexity index is 1560. The standard InChI is InChI=1S/C33H30N2O6/c1-39-33(38)25-20-35-27(26(23-14-7-3-8-15-23)24-16-9-4-10-17-24)32-34(18-11-19-40-32)31(37)28(35)30(29(25)36)41-21-22-12-5-2-6-13-22/h2-10,12-17,20,26-27,32H,11,18-19,21H2,1H3/t27-,32+/m0/s1. The number of ether oxygens (including phenoxy) is 3. The van der Waals surface area contributed by atoms with E-state index in [0.717, 1.165) is 16.7 Å². The molecule has 3 aromatic carbocycles. The summed E-state index contributed by atoms with van der Waals surface area (Å²) in [6.45, 7) is 1.01. The van der Waals surface area contributed by atoms with E-state index < -0.39 is 23.7 Å². The molecule has 0 N–H and O–H groups in total. The zero-order valence-electron chi connectivity index (χ0n) is 22.6. The number of methoxy groups -OCH3 is 1. The van der Waals surface area contributed by atoms with Crippen molar-refractivity contribution in [3.8, 4) is 5.75 Å². The van der Waals surface area contributed by atoms with Gasteiger partial charge in [-0.2, -0.15) is 0 Å². The summed E-state index contributed by atoms with van der Waals surface area (Å²) in [5.74, 6) is -1.63. The van der Waals surface area contributed by atoms with Crippen LogP contribution in [0.1, 0.15) is 55.9 Å². The Kier molecular flexibility index (Phi) is 7.39. The normalized spacial score (nSPS) is 18.0. The molecule has 0 bridgehead atoms. The maximum atomic E-state index is 14.1. The van der Waals surface area contributed by atoms with E-state index in [-0.39, 0.29) is 35.4 Å². The highest BCUT2D eigenvalue weighted by molar-refractivity contribution is 5.98.